The molecule has 1 unspecified atom stereocenters. The van der Waals surface area contributed by atoms with Crippen LogP contribution >= 0.6 is 0 Å². The van der Waals surface area contributed by atoms with E-state index in [9.17, 15) is 9.59 Å². The fourth-order valence-electron chi connectivity index (χ4n) is 4.50. The van der Waals surface area contributed by atoms with Crippen molar-refractivity contribution in [3.05, 3.63) is 82.4 Å². The number of aromatic nitrogens is 3. The minimum atomic E-state index is -0.208. The van der Waals surface area contributed by atoms with Gasteiger partial charge in [0, 0.05) is 31.0 Å². The van der Waals surface area contributed by atoms with E-state index in [0.717, 1.165) is 35.2 Å². The zero-order chi connectivity index (χ0) is 20.5. The molecule has 2 amide bonds. The number of pyridine rings is 1. The summed E-state index contributed by atoms with van der Waals surface area (Å²) in [5, 5.41) is 10.1. The van der Waals surface area contributed by atoms with Crippen LogP contribution in [0.5, 0.6) is 0 Å². The monoisotopic (exact) mass is 401 g/mol. The van der Waals surface area contributed by atoms with Gasteiger partial charge >= 0.3 is 0 Å². The van der Waals surface area contributed by atoms with E-state index in [2.05, 4.69) is 32.6 Å². The molecule has 1 aliphatic carbocycles. The number of carbonyl (C=O) groups excluding carboxylic acids is 2. The molecule has 3 heterocycles. The van der Waals surface area contributed by atoms with Crippen molar-refractivity contribution >= 4 is 11.8 Å². The quantitative estimate of drug-likeness (QED) is 0.702. The van der Waals surface area contributed by atoms with Crippen LogP contribution in [-0.4, -0.2) is 38.4 Å². The van der Waals surface area contributed by atoms with Crippen LogP contribution in [0.4, 0.5) is 0 Å². The highest BCUT2D eigenvalue weighted by Gasteiger charge is 2.34. The Morgan fingerprint density at radius 2 is 2.07 bits per heavy atom. The van der Waals surface area contributed by atoms with Gasteiger partial charge in [-0.25, -0.2) is 0 Å². The van der Waals surface area contributed by atoms with Crippen LogP contribution < -0.4 is 5.32 Å². The van der Waals surface area contributed by atoms with Crippen LogP contribution in [-0.2, 0) is 30.7 Å². The van der Waals surface area contributed by atoms with Gasteiger partial charge in [0.1, 0.15) is 0 Å². The molecule has 1 aliphatic heterocycles. The molecule has 1 aromatic carbocycles. The number of hydrogen-bond acceptors (Lipinski definition) is 4. The first-order valence-corrected chi connectivity index (χ1v) is 10.3. The number of rotatable bonds is 4. The highest BCUT2D eigenvalue weighted by molar-refractivity contribution is 5.94. The summed E-state index contributed by atoms with van der Waals surface area (Å²) in [4.78, 5) is 31.7. The Hall–Kier alpha value is -3.48. The van der Waals surface area contributed by atoms with Gasteiger partial charge in [0.05, 0.1) is 18.2 Å². The van der Waals surface area contributed by atoms with Gasteiger partial charge in [-0.2, -0.15) is 5.10 Å². The number of H-pyrrole nitrogens is 1. The number of amides is 2. The lowest BCUT2D eigenvalue weighted by atomic mass is 9.97. The smallest absolute Gasteiger partial charge is 0.272 e. The topological polar surface area (TPSA) is 91.0 Å². The Balaban J connectivity index is 1.26. The van der Waals surface area contributed by atoms with E-state index in [-0.39, 0.29) is 17.7 Å². The Kier molecular flexibility index (Phi) is 4.78. The molecule has 0 spiro atoms. The minimum Gasteiger partial charge on any atom is -0.346 e. The van der Waals surface area contributed by atoms with Gasteiger partial charge in [0.25, 0.3) is 5.91 Å². The highest BCUT2D eigenvalue weighted by atomic mass is 16.2. The Morgan fingerprint density at radius 1 is 1.17 bits per heavy atom. The molecule has 2 N–H and O–H groups in total. The molecule has 152 valence electrons. The van der Waals surface area contributed by atoms with Crippen molar-refractivity contribution in [3.8, 4) is 0 Å². The fourth-order valence-corrected chi connectivity index (χ4v) is 4.50. The first-order valence-electron chi connectivity index (χ1n) is 10.3. The number of nitrogens with one attached hydrogen (secondary N) is 2. The van der Waals surface area contributed by atoms with E-state index in [4.69, 9.17) is 0 Å². The summed E-state index contributed by atoms with van der Waals surface area (Å²) in [6, 6.07) is 12.0. The zero-order valence-electron chi connectivity index (χ0n) is 16.6. The Bertz CT molecular complexity index is 1090. The summed E-state index contributed by atoms with van der Waals surface area (Å²) in [5.74, 6) is -0.100. The summed E-state index contributed by atoms with van der Waals surface area (Å²) < 4.78 is 0. The van der Waals surface area contributed by atoms with Crippen molar-refractivity contribution in [1.82, 2.24) is 25.4 Å². The van der Waals surface area contributed by atoms with Gasteiger partial charge in [-0.15, -0.1) is 0 Å². The predicted octanol–water partition coefficient (Wildman–Crippen LogP) is 2.35. The maximum absolute atomic E-state index is 13.2. The highest BCUT2D eigenvalue weighted by Crippen LogP contribution is 2.35. The molecule has 3 aromatic rings. The lowest BCUT2D eigenvalue weighted by Crippen LogP contribution is -2.39. The molecular formula is C23H23N5O2. The molecule has 0 fully saturated rings. The molecule has 0 saturated heterocycles. The number of aromatic amines is 1. The van der Waals surface area contributed by atoms with E-state index < -0.39 is 0 Å². The molecule has 7 heteroatoms. The first kappa shape index (κ1) is 18.5. The van der Waals surface area contributed by atoms with Crippen molar-refractivity contribution in [2.75, 3.05) is 6.54 Å². The fraction of sp³-hybridized carbons (Fsp3) is 0.304. The summed E-state index contributed by atoms with van der Waals surface area (Å²) >= 11 is 0. The molecule has 7 nitrogen and oxygen atoms in total. The normalized spacial score (nSPS) is 17.3. The van der Waals surface area contributed by atoms with Crippen LogP contribution in [0.25, 0.3) is 0 Å². The molecule has 2 aliphatic rings. The molecule has 2 aromatic heterocycles. The van der Waals surface area contributed by atoms with Crippen LogP contribution in [0, 0.1) is 0 Å². The Morgan fingerprint density at radius 3 is 2.93 bits per heavy atom. The average Bonchev–Trinajstić information content (AvgIpc) is 3.41. The number of aryl methyl sites for hydroxylation is 1. The van der Waals surface area contributed by atoms with E-state index in [1.807, 2.05) is 29.2 Å². The van der Waals surface area contributed by atoms with Gasteiger partial charge in [-0.3, -0.25) is 19.7 Å². The van der Waals surface area contributed by atoms with Gasteiger partial charge < -0.3 is 10.2 Å². The standard InChI is InChI=1S/C23H23N5O2/c29-22(25-13-15-4-3-10-24-12-15)21-19-9-11-28(14-20(19)26-27-21)23(30)18-8-7-16-5-1-2-6-17(16)18/h1-6,10,12,18H,7-9,11,13-14H2,(H,25,29)(H,26,27). The average molecular weight is 401 g/mol. The van der Waals surface area contributed by atoms with Gasteiger partial charge in [0.2, 0.25) is 5.91 Å². The summed E-state index contributed by atoms with van der Waals surface area (Å²) in [6.07, 6.45) is 5.88. The molecule has 30 heavy (non-hydrogen) atoms. The lowest BCUT2D eigenvalue weighted by Gasteiger charge is -2.29. The molecule has 0 radical (unpaired) electrons. The third-order valence-electron chi connectivity index (χ3n) is 6.07. The van der Waals surface area contributed by atoms with Crippen LogP contribution in [0.15, 0.2) is 48.8 Å². The largest absolute Gasteiger partial charge is 0.346 e. The third kappa shape index (κ3) is 3.36. The lowest BCUT2D eigenvalue weighted by molar-refractivity contribution is -0.133. The van der Waals surface area contributed by atoms with E-state index in [1.54, 1.807) is 12.4 Å². The van der Waals surface area contributed by atoms with Crippen molar-refractivity contribution in [1.29, 1.82) is 0 Å². The Labute approximate surface area is 174 Å². The second kappa shape index (κ2) is 7.74. The van der Waals surface area contributed by atoms with Crippen molar-refractivity contribution in [2.45, 2.75) is 38.3 Å². The SMILES string of the molecule is O=C(NCc1cccnc1)c1n[nH]c2c1CCN(C(=O)C1CCc3ccccc31)C2. The molecule has 0 saturated carbocycles. The molecule has 1 atom stereocenters. The predicted molar refractivity (Wildman–Crippen MR) is 111 cm³/mol. The number of hydrogen-bond donors (Lipinski definition) is 2. The van der Waals surface area contributed by atoms with Gasteiger partial charge in [0.15, 0.2) is 5.69 Å². The van der Waals surface area contributed by atoms with Gasteiger partial charge in [-0.1, -0.05) is 30.3 Å². The number of nitrogens with zero attached hydrogens (tertiary/aromatic N) is 3. The minimum absolute atomic E-state index is 0.0621. The summed E-state index contributed by atoms with van der Waals surface area (Å²) in [6.45, 7) is 1.47. The number of carbonyl (C=O) groups is 2. The summed E-state index contributed by atoms with van der Waals surface area (Å²) in [7, 11) is 0. The van der Waals surface area contributed by atoms with E-state index >= 15 is 0 Å². The molecule has 5 rings (SSSR count). The first-order chi connectivity index (χ1) is 14.7. The van der Waals surface area contributed by atoms with Crippen LogP contribution in [0.3, 0.4) is 0 Å². The maximum atomic E-state index is 13.2. The number of fused-ring (bicyclic) bond motifs is 2. The third-order valence-corrected chi connectivity index (χ3v) is 6.07. The van der Waals surface area contributed by atoms with Crippen LogP contribution in [0.2, 0.25) is 0 Å². The van der Waals surface area contributed by atoms with Crippen molar-refractivity contribution < 1.29 is 9.59 Å². The summed E-state index contributed by atoms with van der Waals surface area (Å²) in [5.41, 5.74) is 5.56. The number of benzene rings is 1. The van der Waals surface area contributed by atoms with Crippen LogP contribution in [0.1, 0.15) is 50.8 Å². The van der Waals surface area contributed by atoms with Gasteiger partial charge in [-0.05, 0) is 42.0 Å². The molecular weight excluding hydrogens is 378 g/mol. The zero-order valence-corrected chi connectivity index (χ0v) is 16.6. The second-order valence-corrected chi connectivity index (χ2v) is 7.87. The van der Waals surface area contributed by atoms with Crippen molar-refractivity contribution in [2.24, 2.45) is 0 Å². The second-order valence-electron chi connectivity index (χ2n) is 7.87. The van der Waals surface area contributed by atoms with Crippen molar-refractivity contribution in [3.63, 3.8) is 0 Å². The van der Waals surface area contributed by atoms with E-state index in [0.29, 0.717) is 31.7 Å². The maximum Gasteiger partial charge on any atom is 0.272 e. The van der Waals surface area contributed by atoms with E-state index in [1.165, 1.54) is 5.56 Å². The molecule has 0 bridgehead atoms.